The number of ether oxygens (including phenoxy) is 1. The van der Waals surface area contributed by atoms with E-state index in [9.17, 15) is 14.4 Å². The van der Waals surface area contributed by atoms with Gasteiger partial charge in [-0.2, -0.15) is 0 Å². The number of benzene rings is 2. The molecule has 0 aliphatic carbocycles. The smallest absolute Gasteiger partial charge is 0.412 e. The van der Waals surface area contributed by atoms with Crippen molar-refractivity contribution in [2.24, 2.45) is 0 Å². The van der Waals surface area contributed by atoms with Crippen LogP contribution in [0.2, 0.25) is 0 Å². The van der Waals surface area contributed by atoms with Crippen molar-refractivity contribution in [2.75, 3.05) is 40.1 Å². The van der Waals surface area contributed by atoms with Crippen LogP contribution in [-0.2, 0) is 16.1 Å². The molecule has 4 amide bonds. The number of nitrogens with zero attached hydrogens (tertiary/aromatic N) is 5. The predicted molar refractivity (Wildman–Crippen MR) is 178 cm³/mol. The molecule has 11 heteroatoms. The third-order valence-corrected chi connectivity index (χ3v) is 7.72. The Morgan fingerprint density at radius 2 is 1.59 bits per heavy atom. The van der Waals surface area contributed by atoms with Crippen LogP contribution in [0.5, 0.6) is 0 Å². The van der Waals surface area contributed by atoms with Crippen LogP contribution in [0, 0.1) is 0 Å². The molecule has 2 aliphatic rings. The van der Waals surface area contributed by atoms with Gasteiger partial charge in [0.25, 0.3) is 0 Å². The van der Waals surface area contributed by atoms with Gasteiger partial charge in [-0.15, -0.1) is 0 Å². The summed E-state index contributed by atoms with van der Waals surface area (Å²) in [6, 6.07) is 21.0. The Labute approximate surface area is 268 Å². The number of hydrogen-bond donors (Lipinski definition) is 2. The normalized spacial score (nSPS) is 15.0. The number of carbonyl (C=O) groups is 3. The highest BCUT2D eigenvalue weighted by atomic mass is 16.6. The number of rotatable bonds is 8. The van der Waals surface area contributed by atoms with Crippen LogP contribution in [0.15, 0.2) is 85.3 Å². The molecule has 11 nitrogen and oxygen atoms in total. The van der Waals surface area contributed by atoms with Gasteiger partial charge in [0.2, 0.25) is 5.91 Å². The van der Waals surface area contributed by atoms with E-state index in [1.165, 1.54) is 0 Å². The first-order valence-electron chi connectivity index (χ1n) is 15.4. The average molecular weight is 620 g/mol. The van der Waals surface area contributed by atoms with Crippen molar-refractivity contribution in [3.63, 3.8) is 0 Å². The fourth-order valence-corrected chi connectivity index (χ4v) is 5.49. The summed E-state index contributed by atoms with van der Waals surface area (Å²) in [5, 5.41) is 6.01. The summed E-state index contributed by atoms with van der Waals surface area (Å²) >= 11 is 0. The number of urea groups is 1. The lowest BCUT2D eigenvalue weighted by Crippen LogP contribution is -2.31. The number of amides is 4. The van der Waals surface area contributed by atoms with Gasteiger partial charge in [-0.25, -0.2) is 14.6 Å². The monoisotopic (exact) mass is 619 g/mol. The van der Waals surface area contributed by atoms with Crippen LogP contribution in [0.25, 0.3) is 11.1 Å². The van der Waals surface area contributed by atoms with E-state index in [1.807, 2.05) is 80.3 Å². The van der Waals surface area contributed by atoms with Gasteiger partial charge in [0, 0.05) is 55.7 Å². The Hall–Kier alpha value is -5.45. The van der Waals surface area contributed by atoms with E-state index in [-0.39, 0.29) is 11.9 Å². The molecule has 0 bridgehead atoms. The third kappa shape index (κ3) is 7.26. The van der Waals surface area contributed by atoms with E-state index < -0.39 is 11.7 Å². The third-order valence-electron chi connectivity index (χ3n) is 7.72. The highest BCUT2D eigenvalue weighted by Crippen LogP contribution is 2.28. The van der Waals surface area contributed by atoms with E-state index in [1.54, 1.807) is 40.5 Å². The van der Waals surface area contributed by atoms with Crippen molar-refractivity contribution in [3.05, 3.63) is 90.9 Å². The maximum Gasteiger partial charge on any atom is 0.412 e. The van der Waals surface area contributed by atoms with Crippen molar-refractivity contribution in [1.29, 1.82) is 0 Å². The molecule has 2 saturated heterocycles. The summed E-state index contributed by atoms with van der Waals surface area (Å²) in [6.07, 6.45) is 6.18. The van der Waals surface area contributed by atoms with Crippen molar-refractivity contribution in [3.8, 4) is 11.1 Å². The largest absolute Gasteiger partial charge is 0.444 e. The summed E-state index contributed by atoms with van der Waals surface area (Å²) in [6.45, 7) is 7.77. The second kappa shape index (κ2) is 12.9. The first kappa shape index (κ1) is 30.6. The minimum Gasteiger partial charge on any atom is -0.444 e. The van der Waals surface area contributed by atoms with E-state index in [0.717, 1.165) is 41.0 Å². The fraction of sp³-hybridized carbons (Fsp3) is 0.286. The average Bonchev–Trinajstić information content (AvgIpc) is 3.62. The standard InChI is InChI=1S/C35H37N7O4/c1-35(2,3)46-33(44)39-27-11-6-24(7-12-27)23-40-17-18-42(34(40)45)30-19-28(21-36-22-30)38-31-15-10-26(20-37-31)25-8-13-29(14-9-25)41-16-4-5-32(41)43/h6-15,19-22H,4-5,16-18,23H2,1-3H3,(H,37,38)(H,39,44). The molecular weight excluding hydrogens is 582 g/mol. The second-order valence-electron chi connectivity index (χ2n) is 12.4. The van der Waals surface area contributed by atoms with E-state index in [4.69, 9.17) is 4.74 Å². The van der Waals surface area contributed by atoms with Gasteiger partial charge in [-0.1, -0.05) is 24.3 Å². The Morgan fingerprint density at radius 1 is 0.826 bits per heavy atom. The number of aromatic nitrogens is 2. The molecule has 4 heterocycles. The van der Waals surface area contributed by atoms with Crippen LogP contribution in [-0.4, -0.2) is 58.1 Å². The van der Waals surface area contributed by atoms with E-state index >= 15 is 0 Å². The molecule has 2 N–H and O–H groups in total. The lowest BCUT2D eigenvalue weighted by molar-refractivity contribution is -0.117. The summed E-state index contributed by atoms with van der Waals surface area (Å²) < 4.78 is 5.30. The molecule has 2 aromatic heterocycles. The molecule has 0 atom stereocenters. The second-order valence-corrected chi connectivity index (χ2v) is 12.4. The lowest BCUT2D eigenvalue weighted by Gasteiger charge is -2.20. The molecular formula is C35H37N7O4. The Balaban J connectivity index is 1.04. The molecule has 6 rings (SSSR count). The molecule has 0 saturated carbocycles. The molecule has 2 aromatic carbocycles. The van der Waals surface area contributed by atoms with Crippen LogP contribution < -0.4 is 20.4 Å². The molecule has 46 heavy (non-hydrogen) atoms. The highest BCUT2D eigenvalue weighted by molar-refractivity contribution is 5.96. The maximum absolute atomic E-state index is 13.3. The molecule has 236 valence electrons. The van der Waals surface area contributed by atoms with Gasteiger partial charge < -0.3 is 19.9 Å². The number of nitrogens with one attached hydrogen (secondary N) is 2. The minimum atomic E-state index is -0.578. The minimum absolute atomic E-state index is 0.0995. The van der Waals surface area contributed by atoms with Crippen molar-refractivity contribution in [1.82, 2.24) is 14.9 Å². The molecule has 4 aromatic rings. The van der Waals surface area contributed by atoms with Gasteiger partial charge in [0.05, 0.1) is 23.8 Å². The SMILES string of the molecule is CC(C)(C)OC(=O)Nc1ccc(CN2CCN(c3cncc(Nc4ccc(-c5ccc(N6CCCC6=O)cc5)cn4)c3)C2=O)cc1. The highest BCUT2D eigenvalue weighted by Gasteiger charge is 2.30. The Bertz CT molecular complexity index is 1720. The first-order chi connectivity index (χ1) is 22.1. The Kier molecular flexibility index (Phi) is 8.56. The molecule has 2 aliphatic heterocycles. The van der Waals surface area contributed by atoms with Gasteiger partial charge in [0.15, 0.2) is 0 Å². The van der Waals surface area contributed by atoms with E-state index in [2.05, 4.69) is 20.6 Å². The van der Waals surface area contributed by atoms with Gasteiger partial charge in [0.1, 0.15) is 11.4 Å². The van der Waals surface area contributed by atoms with Gasteiger partial charge >= 0.3 is 12.1 Å². The molecule has 0 spiro atoms. The zero-order chi connectivity index (χ0) is 32.3. The molecule has 0 radical (unpaired) electrons. The van der Waals surface area contributed by atoms with Crippen LogP contribution in [0.4, 0.5) is 38.2 Å². The van der Waals surface area contributed by atoms with Crippen LogP contribution in [0.1, 0.15) is 39.2 Å². The van der Waals surface area contributed by atoms with Crippen LogP contribution >= 0.6 is 0 Å². The lowest BCUT2D eigenvalue weighted by atomic mass is 10.1. The van der Waals surface area contributed by atoms with Crippen molar-refractivity contribution >= 4 is 46.6 Å². The van der Waals surface area contributed by atoms with Gasteiger partial charge in [-0.05, 0) is 80.8 Å². The quantitative estimate of drug-likeness (QED) is 0.223. The van der Waals surface area contributed by atoms with Crippen LogP contribution in [0.3, 0.4) is 0 Å². The summed E-state index contributed by atoms with van der Waals surface area (Å²) in [7, 11) is 0. The number of anilines is 5. The van der Waals surface area contributed by atoms with Gasteiger partial charge in [-0.3, -0.25) is 20.0 Å². The zero-order valence-corrected chi connectivity index (χ0v) is 26.2. The summed E-state index contributed by atoms with van der Waals surface area (Å²) in [5.74, 6) is 0.828. The van der Waals surface area contributed by atoms with Crippen molar-refractivity contribution < 1.29 is 19.1 Å². The van der Waals surface area contributed by atoms with E-state index in [0.29, 0.717) is 43.2 Å². The zero-order valence-electron chi connectivity index (χ0n) is 26.2. The number of pyridine rings is 2. The summed E-state index contributed by atoms with van der Waals surface area (Å²) in [5.41, 5.74) is 5.32. The number of hydrogen-bond acceptors (Lipinski definition) is 7. The predicted octanol–water partition coefficient (Wildman–Crippen LogP) is 6.80. The topological polar surface area (TPSA) is 120 Å². The fourth-order valence-electron chi connectivity index (χ4n) is 5.49. The molecule has 2 fully saturated rings. The van der Waals surface area contributed by atoms with Crippen molar-refractivity contribution in [2.45, 2.75) is 45.8 Å². The Morgan fingerprint density at radius 3 is 2.26 bits per heavy atom. The summed E-state index contributed by atoms with van der Waals surface area (Å²) in [4.78, 5) is 51.7. The first-order valence-corrected chi connectivity index (χ1v) is 15.4. The molecule has 0 unspecified atom stereocenters. The maximum atomic E-state index is 13.3. The number of carbonyl (C=O) groups excluding carboxylic acids is 3.